The van der Waals surface area contributed by atoms with Gasteiger partial charge in [0.15, 0.2) is 6.29 Å². The molecule has 0 aromatic carbocycles. The molecule has 32 heavy (non-hydrogen) atoms. The Morgan fingerprint density at radius 3 is 1.75 bits per heavy atom. The summed E-state index contributed by atoms with van der Waals surface area (Å²) in [5.41, 5.74) is 5.74. The van der Waals surface area contributed by atoms with Gasteiger partial charge in [-0.2, -0.15) is 0 Å². The first-order chi connectivity index (χ1) is 15.5. The van der Waals surface area contributed by atoms with Gasteiger partial charge in [0.25, 0.3) is 0 Å². The maximum absolute atomic E-state index is 10.0. The fraction of sp³-hybridized carbons (Fsp3) is 1.00. The number of ether oxygens (including phenoxy) is 3. The molecule has 0 aromatic rings. The van der Waals surface area contributed by atoms with Gasteiger partial charge < -0.3 is 35.3 Å². The van der Waals surface area contributed by atoms with E-state index in [1.165, 1.54) is 77.0 Å². The molecule has 3 unspecified atom stereocenters. The molecule has 0 aromatic heterocycles. The minimum absolute atomic E-state index is 0.221. The van der Waals surface area contributed by atoms with Crippen LogP contribution in [0.4, 0.5) is 0 Å². The van der Waals surface area contributed by atoms with E-state index in [-0.39, 0.29) is 6.54 Å². The van der Waals surface area contributed by atoms with E-state index in [1.807, 2.05) is 0 Å². The molecule has 0 amide bonds. The highest BCUT2D eigenvalue weighted by Gasteiger charge is 2.43. The second kappa shape index (κ2) is 19.1. The van der Waals surface area contributed by atoms with Gasteiger partial charge in [0.05, 0.1) is 18.8 Å². The Kier molecular flexibility index (Phi) is 17.7. The van der Waals surface area contributed by atoms with Crippen LogP contribution in [0.2, 0.25) is 0 Å². The number of unbranched alkanes of at least 4 members (excludes halogenated alkanes) is 13. The molecule has 192 valence electrons. The Hall–Kier alpha value is -0.280. The van der Waals surface area contributed by atoms with Crippen molar-refractivity contribution in [2.75, 3.05) is 19.8 Å². The first-order valence-electron chi connectivity index (χ1n) is 13.1. The molecule has 0 bridgehead atoms. The lowest BCUT2D eigenvalue weighted by Crippen LogP contribution is -2.58. The zero-order chi connectivity index (χ0) is 23.6. The Morgan fingerprint density at radius 2 is 1.25 bits per heavy atom. The minimum Gasteiger partial charge on any atom is -0.388 e. The Morgan fingerprint density at radius 1 is 0.750 bits per heavy atom. The molecular formula is C25H51NO6. The standard InChI is InChI=1S/C25H51NO6/c1-3-4-5-6-7-8-9-10-11-12-13-14-15-16-17-30-19-21(18-26)32-25-24(29)23(28)22(27)20(2)31-25/h20-25,27-29H,3-19,26H2,1-2H3/t20?,21?,22-,23?,24-,25+/m0/s1. The molecule has 1 saturated heterocycles. The van der Waals surface area contributed by atoms with Crippen LogP contribution in [0.15, 0.2) is 0 Å². The van der Waals surface area contributed by atoms with Crippen molar-refractivity contribution >= 4 is 0 Å². The summed E-state index contributed by atoms with van der Waals surface area (Å²) in [5, 5.41) is 29.7. The van der Waals surface area contributed by atoms with E-state index in [1.54, 1.807) is 6.92 Å². The van der Waals surface area contributed by atoms with Crippen LogP contribution in [-0.2, 0) is 14.2 Å². The molecule has 0 saturated carbocycles. The number of aliphatic hydroxyl groups excluding tert-OH is 3. The molecule has 1 heterocycles. The van der Waals surface area contributed by atoms with Crippen LogP contribution >= 0.6 is 0 Å². The SMILES string of the molecule is CCCCCCCCCCCCCCCCOCC(CN)O[C@H]1OC(C)[C@H](O)C(O)[C@@H]1O. The summed E-state index contributed by atoms with van der Waals surface area (Å²) < 4.78 is 16.8. The van der Waals surface area contributed by atoms with Gasteiger partial charge in [0.1, 0.15) is 18.3 Å². The number of rotatable bonds is 20. The van der Waals surface area contributed by atoms with E-state index in [9.17, 15) is 15.3 Å². The molecule has 1 aliphatic rings. The van der Waals surface area contributed by atoms with Gasteiger partial charge in [-0.25, -0.2) is 0 Å². The van der Waals surface area contributed by atoms with E-state index in [0.717, 1.165) is 12.8 Å². The van der Waals surface area contributed by atoms with E-state index in [2.05, 4.69) is 6.92 Å². The largest absolute Gasteiger partial charge is 0.388 e. The van der Waals surface area contributed by atoms with E-state index in [0.29, 0.717) is 13.2 Å². The van der Waals surface area contributed by atoms with Gasteiger partial charge in [-0.3, -0.25) is 0 Å². The highest BCUT2D eigenvalue weighted by Crippen LogP contribution is 2.22. The smallest absolute Gasteiger partial charge is 0.187 e. The van der Waals surface area contributed by atoms with Crippen molar-refractivity contribution in [1.82, 2.24) is 0 Å². The molecule has 7 heteroatoms. The summed E-state index contributed by atoms with van der Waals surface area (Å²) in [6, 6.07) is 0. The third-order valence-electron chi connectivity index (χ3n) is 6.34. The molecule has 1 rings (SSSR count). The maximum Gasteiger partial charge on any atom is 0.187 e. The number of hydrogen-bond donors (Lipinski definition) is 4. The summed E-state index contributed by atoms with van der Waals surface area (Å²) in [6.07, 6.45) is 12.7. The lowest BCUT2D eigenvalue weighted by molar-refractivity contribution is -0.305. The summed E-state index contributed by atoms with van der Waals surface area (Å²) >= 11 is 0. The fourth-order valence-electron chi connectivity index (χ4n) is 4.09. The molecule has 0 radical (unpaired) electrons. The molecule has 7 nitrogen and oxygen atoms in total. The number of aliphatic hydroxyl groups is 3. The Bertz CT molecular complexity index is 427. The van der Waals surface area contributed by atoms with Gasteiger partial charge in [-0.1, -0.05) is 90.4 Å². The average Bonchev–Trinajstić information content (AvgIpc) is 2.79. The lowest BCUT2D eigenvalue weighted by atomic mass is 10.00. The fourth-order valence-corrected chi connectivity index (χ4v) is 4.09. The van der Waals surface area contributed by atoms with Crippen LogP contribution in [-0.4, -0.2) is 71.9 Å². The summed E-state index contributed by atoms with van der Waals surface area (Å²) in [4.78, 5) is 0. The van der Waals surface area contributed by atoms with E-state index in [4.69, 9.17) is 19.9 Å². The maximum atomic E-state index is 10.0. The van der Waals surface area contributed by atoms with Crippen LogP contribution in [0.1, 0.15) is 104 Å². The monoisotopic (exact) mass is 461 g/mol. The van der Waals surface area contributed by atoms with Crippen molar-refractivity contribution in [2.24, 2.45) is 5.73 Å². The topological polar surface area (TPSA) is 114 Å². The third-order valence-corrected chi connectivity index (χ3v) is 6.34. The second-order valence-electron chi connectivity index (χ2n) is 9.35. The quantitative estimate of drug-likeness (QED) is 0.205. The summed E-state index contributed by atoms with van der Waals surface area (Å²) in [7, 11) is 0. The number of hydrogen-bond acceptors (Lipinski definition) is 7. The highest BCUT2D eigenvalue weighted by molar-refractivity contribution is 4.87. The molecule has 0 spiro atoms. The van der Waals surface area contributed by atoms with Crippen LogP contribution in [0, 0.1) is 0 Å². The first kappa shape index (κ1) is 29.8. The van der Waals surface area contributed by atoms with E-state index >= 15 is 0 Å². The zero-order valence-corrected chi connectivity index (χ0v) is 20.6. The molecule has 1 aliphatic heterocycles. The van der Waals surface area contributed by atoms with Gasteiger partial charge in [0, 0.05) is 13.2 Å². The van der Waals surface area contributed by atoms with Gasteiger partial charge in [-0.05, 0) is 13.3 Å². The Balaban J connectivity index is 1.94. The predicted octanol–water partition coefficient (Wildman–Crippen LogP) is 3.66. The van der Waals surface area contributed by atoms with Crippen LogP contribution < -0.4 is 5.73 Å². The third kappa shape index (κ3) is 12.8. The van der Waals surface area contributed by atoms with Crippen molar-refractivity contribution in [2.45, 2.75) is 141 Å². The molecule has 6 atom stereocenters. The van der Waals surface area contributed by atoms with E-state index < -0.39 is 36.8 Å². The molecular weight excluding hydrogens is 410 g/mol. The normalized spacial score (nSPS) is 27.0. The number of nitrogens with two attached hydrogens (primary N) is 1. The van der Waals surface area contributed by atoms with Crippen LogP contribution in [0.5, 0.6) is 0 Å². The summed E-state index contributed by atoms with van der Waals surface area (Å²) in [5.74, 6) is 0. The summed E-state index contributed by atoms with van der Waals surface area (Å²) in [6.45, 7) is 5.08. The molecule has 5 N–H and O–H groups in total. The lowest BCUT2D eigenvalue weighted by Gasteiger charge is -2.40. The van der Waals surface area contributed by atoms with Crippen molar-refractivity contribution in [3.63, 3.8) is 0 Å². The first-order valence-corrected chi connectivity index (χ1v) is 13.1. The van der Waals surface area contributed by atoms with Gasteiger partial charge in [0.2, 0.25) is 0 Å². The molecule has 0 aliphatic carbocycles. The molecule has 1 fully saturated rings. The van der Waals surface area contributed by atoms with Gasteiger partial charge in [-0.15, -0.1) is 0 Å². The Labute approximate surface area is 196 Å². The van der Waals surface area contributed by atoms with Gasteiger partial charge >= 0.3 is 0 Å². The van der Waals surface area contributed by atoms with Crippen LogP contribution in [0.25, 0.3) is 0 Å². The minimum atomic E-state index is -1.32. The van der Waals surface area contributed by atoms with Crippen molar-refractivity contribution < 1.29 is 29.5 Å². The van der Waals surface area contributed by atoms with Crippen molar-refractivity contribution in [1.29, 1.82) is 0 Å². The second-order valence-corrected chi connectivity index (χ2v) is 9.35. The van der Waals surface area contributed by atoms with Crippen LogP contribution in [0.3, 0.4) is 0 Å². The zero-order valence-electron chi connectivity index (χ0n) is 20.6. The highest BCUT2D eigenvalue weighted by atomic mass is 16.7. The predicted molar refractivity (Wildman–Crippen MR) is 127 cm³/mol. The average molecular weight is 462 g/mol. The van der Waals surface area contributed by atoms with Crippen molar-refractivity contribution in [3.05, 3.63) is 0 Å². The van der Waals surface area contributed by atoms with Crippen molar-refractivity contribution in [3.8, 4) is 0 Å².